The van der Waals surface area contributed by atoms with E-state index < -0.39 is 23.6 Å². The van der Waals surface area contributed by atoms with Gasteiger partial charge >= 0.3 is 6.18 Å². The number of benzene rings is 2. The van der Waals surface area contributed by atoms with Crippen molar-refractivity contribution in [1.82, 2.24) is 15.4 Å². The Morgan fingerprint density at radius 3 is 2.54 bits per heavy atom. The van der Waals surface area contributed by atoms with Gasteiger partial charge < -0.3 is 25.0 Å². The number of likely N-dealkylation sites (N-methyl/N-ethyl adjacent to an activating group) is 1. The van der Waals surface area contributed by atoms with Crippen LogP contribution in [-0.2, 0) is 6.18 Å². The number of aryl methyl sites for hydroxylation is 1. The Labute approximate surface area is 236 Å². The van der Waals surface area contributed by atoms with Crippen LogP contribution < -0.4 is 15.5 Å². The number of nitrogens with one attached hydrogen (secondary N) is 2. The highest BCUT2D eigenvalue weighted by molar-refractivity contribution is 6.05. The number of alkyl halides is 3. The largest absolute Gasteiger partial charge is 0.416 e. The van der Waals surface area contributed by atoms with Gasteiger partial charge in [0.15, 0.2) is 0 Å². The van der Waals surface area contributed by atoms with Crippen LogP contribution in [0, 0.1) is 6.92 Å². The van der Waals surface area contributed by atoms with Gasteiger partial charge in [0.25, 0.3) is 11.8 Å². The summed E-state index contributed by atoms with van der Waals surface area (Å²) in [6, 6.07) is 10.1. The maximum absolute atomic E-state index is 13.6. The summed E-state index contributed by atoms with van der Waals surface area (Å²) in [5.74, 6) is -0.996. The Bertz CT molecular complexity index is 1470. The van der Waals surface area contributed by atoms with Crippen LogP contribution in [0.4, 0.5) is 24.5 Å². The van der Waals surface area contributed by atoms with Crippen LogP contribution in [0.25, 0.3) is 11.3 Å². The fourth-order valence-electron chi connectivity index (χ4n) is 5.14. The molecule has 5 rings (SSSR count). The fourth-order valence-corrected chi connectivity index (χ4v) is 5.14. The van der Waals surface area contributed by atoms with Gasteiger partial charge in [-0.25, -0.2) is 0 Å². The molecule has 2 N–H and O–H groups in total. The van der Waals surface area contributed by atoms with Crippen molar-refractivity contribution >= 4 is 23.2 Å². The van der Waals surface area contributed by atoms with E-state index in [1.54, 1.807) is 18.2 Å². The maximum Gasteiger partial charge on any atom is 0.416 e. The number of anilines is 2. The second-order valence-corrected chi connectivity index (χ2v) is 10.6. The Morgan fingerprint density at radius 2 is 1.80 bits per heavy atom. The van der Waals surface area contributed by atoms with E-state index >= 15 is 0 Å². The maximum atomic E-state index is 13.6. The summed E-state index contributed by atoms with van der Waals surface area (Å²) in [5.41, 5.74) is 2.76. The molecule has 2 aliphatic heterocycles. The van der Waals surface area contributed by atoms with E-state index in [0.717, 1.165) is 55.6 Å². The second kappa shape index (κ2) is 11.8. The molecular weight excluding hydrogens is 535 g/mol. The summed E-state index contributed by atoms with van der Waals surface area (Å²) in [6.45, 7) is 5.33. The molecule has 2 amide bonds. The van der Waals surface area contributed by atoms with Crippen molar-refractivity contribution in [1.29, 1.82) is 0 Å². The van der Waals surface area contributed by atoms with Crippen molar-refractivity contribution in [2.45, 2.75) is 32.4 Å². The molecule has 0 saturated carbocycles. The molecule has 3 heterocycles. The van der Waals surface area contributed by atoms with Crippen LogP contribution in [0.1, 0.15) is 51.3 Å². The van der Waals surface area contributed by atoms with Gasteiger partial charge in [0, 0.05) is 61.3 Å². The predicted molar refractivity (Wildman–Crippen MR) is 150 cm³/mol. The zero-order chi connectivity index (χ0) is 29.1. The summed E-state index contributed by atoms with van der Waals surface area (Å²) in [4.78, 5) is 29.8. The number of rotatable bonds is 7. The molecule has 2 aliphatic rings. The minimum absolute atomic E-state index is 0.0528. The fraction of sp³-hybridized carbons (Fsp3) is 0.367. The Hall–Kier alpha value is -4.12. The number of aromatic nitrogens is 1. The molecule has 1 saturated heterocycles. The lowest BCUT2D eigenvalue weighted by Gasteiger charge is -2.22. The first kappa shape index (κ1) is 28.4. The molecule has 0 radical (unpaired) electrons. The lowest BCUT2D eigenvalue weighted by molar-refractivity contribution is -0.137. The predicted octanol–water partition coefficient (Wildman–Crippen LogP) is 5.51. The molecule has 0 bridgehead atoms. The minimum atomic E-state index is -4.58. The van der Waals surface area contributed by atoms with E-state index in [1.807, 2.05) is 18.9 Å². The number of carbonyl (C=O) groups is 2. The van der Waals surface area contributed by atoms with Crippen molar-refractivity contribution in [3.05, 3.63) is 76.6 Å². The lowest BCUT2D eigenvalue weighted by atomic mass is 10.0. The molecule has 0 aliphatic carbocycles. The van der Waals surface area contributed by atoms with Gasteiger partial charge in [-0.3, -0.25) is 9.59 Å². The van der Waals surface area contributed by atoms with Crippen LogP contribution in [0.3, 0.4) is 0 Å². The third-order valence-corrected chi connectivity index (χ3v) is 7.38. The van der Waals surface area contributed by atoms with Crippen molar-refractivity contribution in [3.63, 3.8) is 0 Å². The van der Waals surface area contributed by atoms with Gasteiger partial charge in [0.05, 0.1) is 5.56 Å². The number of carbonyl (C=O) groups excluding carboxylic acids is 2. The van der Waals surface area contributed by atoms with Crippen molar-refractivity contribution in [2.75, 3.05) is 50.0 Å². The molecule has 1 fully saturated rings. The smallest absolute Gasteiger partial charge is 0.372 e. The first-order chi connectivity index (χ1) is 19.6. The molecule has 216 valence electrons. The van der Waals surface area contributed by atoms with E-state index in [4.69, 9.17) is 4.52 Å². The highest BCUT2D eigenvalue weighted by Gasteiger charge is 2.32. The average molecular weight is 568 g/mol. The van der Waals surface area contributed by atoms with Crippen LogP contribution in [0.5, 0.6) is 0 Å². The van der Waals surface area contributed by atoms with E-state index in [9.17, 15) is 22.8 Å². The summed E-state index contributed by atoms with van der Waals surface area (Å²) in [6.07, 6.45) is 0.272. The number of hydrogen-bond acceptors (Lipinski definition) is 6. The quantitative estimate of drug-likeness (QED) is 0.366. The van der Waals surface area contributed by atoms with Crippen molar-refractivity contribution < 1.29 is 27.3 Å². The first-order valence-corrected chi connectivity index (χ1v) is 13.6. The molecule has 0 spiro atoms. The van der Waals surface area contributed by atoms with Gasteiger partial charge in [0.1, 0.15) is 5.69 Å². The zero-order valence-electron chi connectivity index (χ0n) is 23.0. The third kappa shape index (κ3) is 6.79. The van der Waals surface area contributed by atoms with Gasteiger partial charge in [-0.1, -0.05) is 17.3 Å². The Kier molecular flexibility index (Phi) is 8.16. The summed E-state index contributed by atoms with van der Waals surface area (Å²) in [7, 11) is 2.03. The highest BCUT2D eigenvalue weighted by Crippen LogP contribution is 2.34. The highest BCUT2D eigenvalue weighted by atomic mass is 19.4. The van der Waals surface area contributed by atoms with Gasteiger partial charge in [-0.2, -0.15) is 13.2 Å². The van der Waals surface area contributed by atoms with Crippen molar-refractivity contribution in [3.8, 4) is 11.3 Å². The van der Waals surface area contributed by atoms with Crippen molar-refractivity contribution in [2.24, 2.45) is 0 Å². The van der Waals surface area contributed by atoms with E-state index in [0.29, 0.717) is 42.3 Å². The third-order valence-electron chi connectivity index (χ3n) is 7.38. The van der Waals surface area contributed by atoms with Crippen LogP contribution in [0.2, 0.25) is 0 Å². The minimum Gasteiger partial charge on any atom is -0.372 e. The second-order valence-electron chi connectivity index (χ2n) is 10.6. The monoisotopic (exact) mass is 567 g/mol. The molecule has 3 aromatic rings. The SMILES string of the molecule is Cc1ccc(NC(=O)c2cc(N3CCCC3)cc(C(F)(F)F)c2)cc1-c1cc(C(=O)NCC2=CCCN(C)C2)on1. The first-order valence-electron chi connectivity index (χ1n) is 13.6. The van der Waals surface area contributed by atoms with Crippen LogP contribution in [0.15, 0.2) is 58.6 Å². The molecule has 0 unspecified atom stereocenters. The van der Waals surface area contributed by atoms with E-state index in [2.05, 4.69) is 26.8 Å². The van der Waals surface area contributed by atoms with Gasteiger partial charge in [-0.05, 0) is 74.7 Å². The standard InChI is InChI=1S/C30H32F3N5O3/c1-19-7-8-23(35-28(39)21-12-22(30(31,32)33)14-24(13-21)38-10-3-4-11-38)15-25(19)26-16-27(41-36-26)29(40)34-17-20-6-5-9-37(2)18-20/h6-8,12-16H,3-5,9-11,17-18H2,1-2H3,(H,34,40)(H,35,39). The van der Waals surface area contributed by atoms with E-state index in [-0.39, 0.29) is 11.3 Å². The lowest BCUT2D eigenvalue weighted by Crippen LogP contribution is -2.32. The molecule has 8 nitrogen and oxygen atoms in total. The molecule has 11 heteroatoms. The number of halogens is 3. The summed E-state index contributed by atoms with van der Waals surface area (Å²) in [5, 5.41) is 9.61. The van der Waals surface area contributed by atoms with E-state index in [1.165, 1.54) is 12.1 Å². The molecule has 1 aromatic heterocycles. The average Bonchev–Trinajstić information content (AvgIpc) is 3.65. The summed E-state index contributed by atoms with van der Waals surface area (Å²) < 4.78 is 46.2. The van der Waals surface area contributed by atoms with Gasteiger partial charge in [-0.15, -0.1) is 0 Å². The van der Waals surface area contributed by atoms with Gasteiger partial charge in [0.2, 0.25) is 5.76 Å². The number of amides is 2. The molecule has 2 aromatic carbocycles. The van der Waals surface area contributed by atoms with Crippen LogP contribution in [-0.4, -0.2) is 61.6 Å². The zero-order valence-corrected chi connectivity index (χ0v) is 23.0. The molecule has 41 heavy (non-hydrogen) atoms. The van der Waals surface area contributed by atoms with Crippen LogP contribution >= 0.6 is 0 Å². The molecule has 0 atom stereocenters. The Balaban J connectivity index is 1.31. The molecular formula is C30H32F3N5O3. The number of hydrogen-bond donors (Lipinski definition) is 2. The topological polar surface area (TPSA) is 90.7 Å². The number of nitrogens with zero attached hydrogens (tertiary/aromatic N) is 3. The Morgan fingerprint density at radius 1 is 1.02 bits per heavy atom. The summed E-state index contributed by atoms with van der Waals surface area (Å²) >= 11 is 0. The normalized spacial score (nSPS) is 16.0.